The molecule has 0 saturated carbocycles. The van der Waals surface area contributed by atoms with Crippen molar-refractivity contribution in [1.82, 2.24) is 0 Å². The Morgan fingerprint density at radius 1 is 0.227 bits per heavy atom. The van der Waals surface area contributed by atoms with E-state index >= 15 is 0 Å². The molecule has 233 valence electrons. The third kappa shape index (κ3) is 3800. The van der Waals surface area contributed by atoms with E-state index in [9.17, 15) is 0 Å². The molecule has 0 fully saturated rings. The van der Waals surface area contributed by atoms with Crippen LogP contribution in [0.15, 0.2) is 0 Å². The van der Waals surface area contributed by atoms with Crippen LogP contribution < -0.4 is 221 Å². The second-order valence-electron chi connectivity index (χ2n) is 1.75. The zero-order valence-electron chi connectivity index (χ0n) is 21.2. The molecule has 0 aromatic carbocycles. The van der Waals surface area contributed by atoms with Gasteiger partial charge in [0.15, 0.2) is 0 Å². The van der Waals surface area contributed by atoms with Crippen LogP contribution in [0.5, 0.6) is 0 Å². The molecule has 28 nitrogen and oxygen atoms in total. The fourth-order valence-electron chi connectivity index (χ4n) is 0. The van der Waals surface area contributed by atoms with Gasteiger partial charge in [0.25, 0.3) is 0 Å². The van der Waals surface area contributed by atoms with Gasteiger partial charge in [0.2, 0.25) is 0 Å². The second-order valence-corrected chi connectivity index (χ2v) is 5.25. The van der Waals surface area contributed by atoms with Crippen molar-refractivity contribution in [2.45, 2.75) is 0 Å². The molecule has 0 rings (SSSR count). The minimum atomic E-state index is -3.63. The van der Waals surface area contributed by atoms with Crippen molar-refractivity contribution in [2.24, 2.45) is 0 Å². The van der Waals surface area contributed by atoms with E-state index in [1.165, 1.54) is 0 Å². The summed E-state index contributed by atoms with van der Waals surface area (Å²) >= 11 is 0. The van der Waals surface area contributed by atoms with Crippen molar-refractivity contribution in [3.63, 3.8) is 0 Å². The van der Waals surface area contributed by atoms with Gasteiger partial charge in [-0.3, -0.25) is 0 Å². The third-order valence-electron chi connectivity index (χ3n) is 0. The molecule has 0 bridgehead atoms. The summed E-state index contributed by atoms with van der Waals surface area (Å²) < 4.78 is 59.6. The van der Waals surface area contributed by atoms with E-state index < -0.39 is 64.2 Å². The maximum Gasteiger partial charge on any atom is 3.00 e. The molecule has 0 aliphatic carbocycles. The molecule has 0 saturated heterocycles. The van der Waals surface area contributed by atoms with E-state index in [2.05, 4.69) is 0 Å². The van der Waals surface area contributed by atoms with E-state index in [-0.39, 0.29) is 297 Å². The van der Waals surface area contributed by atoms with Crippen molar-refractivity contribution < 1.29 is 343 Å². The van der Waals surface area contributed by atoms with Gasteiger partial charge in [-0.1, -0.05) is 0 Å². The quantitative estimate of drug-likeness (QED) is 0.203. The van der Waals surface area contributed by atoms with Crippen LogP contribution in [-0.2, 0) is 83.3 Å². The van der Waals surface area contributed by atoms with Crippen molar-refractivity contribution in [2.75, 3.05) is 0 Å². The Hall–Kier alpha value is 5.14. The van der Waals surface area contributed by atoms with E-state index in [0.29, 0.717) is 0 Å². The second kappa shape index (κ2) is 157. The average molecular weight is 1010 g/mol. The number of hydrogen-bond donors (Lipinski definition) is 0. The van der Waals surface area contributed by atoms with Gasteiger partial charge in [-0.15, -0.1) is 0 Å². The molecule has 0 heterocycles. The molecule has 0 aliphatic heterocycles. The SMILES string of the molecule is O=[Si]([O-])[O-].O=[Si]([O-])[O-].O=[Si]([O-])[O-].O=[Si]([O-])[O-].O=[Si]([O-])[O-].O=[Si]([O-])[O-].O=[Si]([O-])[O-].[Al+3].[Al+3].[Al+3].[Cr+3].[Cr+3].[Cr+3].[K+].[K+].[K+].[OH-].[OH-].[OH-].[OH-].[OH-].[OH-].[OH-]. The van der Waals surface area contributed by atoms with Crippen molar-refractivity contribution in [1.29, 1.82) is 0 Å². The Labute approximate surface area is 449 Å². The third-order valence-corrected chi connectivity index (χ3v) is 0. The summed E-state index contributed by atoms with van der Waals surface area (Å²) in [5.74, 6) is 0. The summed E-state index contributed by atoms with van der Waals surface area (Å²) in [4.78, 5) is 119. The van der Waals surface area contributed by atoms with Crippen molar-refractivity contribution >= 4 is 116 Å². The average Bonchev–Trinajstić information content (AvgIpc) is 2.20. The van der Waals surface area contributed by atoms with Crippen LogP contribution in [0.3, 0.4) is 0 Å². The van der Waals surface area contributed by atoms with Gasteiger partial charge >= 0.3 is 258 Å². The van der Waals surface area contributed by atoms with E-state index in [1.54, 1.807) is 0 Å². The minimum absolute atomic E-state index is 0. The molecular formula is H7Al3Cr3K3O28Si7. The first-order chi connectivity index (χ1) is 12.1. The minimum Gasteiger partial charge on any atom is -0.870 e. The first-order valence-electron chi connectivity index (χ1n) is 4.29. The zero-order chi connectivity index (χ0) is 25.0. The van der Waals surface area contributed by atoms with Crippen LogP contribution in [0.4, 0.5) is 0 Å². The summed E-state index contributed by atoms with van der Waals surface area (Å²) in [6.45, 7) is 0. The Kier molecular flexibility index (Phi) is 593. The molecule has 0 aromatic rings. The van der Waals surface area contributed by atoms with Crippen molar-refractivity contribution in [3.8, 4) is 0 Å². The smallest absolute Gasteiger partial charge is 0.870 e. The summed E-state index contributed by atoms with van der Waals surface area (Å²) in [7, 11) is -25.4. The van der Waals surface area contributed by atoms with Gasteiger partial charge in [0.05, 0.1) is 0 Å². The molecular weight excluding hydrogens is 999 g/mol. The standard InChI is InChI=1S/3Al.3Cr.3K.7O3Si.7H2O/c;;;;;;;;;7*1-4(2)3;;;;;;;/h;;;;;;;;;;;;;;;;7*1H2/q6*+3;3*+1;7*-2;;;;;;;/p-7. The molecule has 0 aromatic heterocycles. The van der Waals surface area contributed by atoms with Gasteiger partial charge in [-0.2, -0.15) is 0 Å². The molecule has 0 amide bonds. The predicted molar refractivity (Wildman–Crippen MR) is 75.9 cm³/mol. The summed E-state index contributed by atoms with van der Waals surface area (Å²) in [6.07, 6.45) is 0. The van der Waals surface area contributed by atoms with Gasteiger partial charge in [-0.05, 0) is 0 Å². The van der Waals surface area contributed by atoms with Gasteiger partial charge < -0.3 is 137 Å². The molecule has 44 heavy (non-hydrogen) atoms. The number of rotatable bonds is 0. The largest absolute Gasteiger partial charge is 3.00 e. The van der Waals surface area contributed by atoms with Gasteiger partial charge in [0, 0.05) is 64.2 Å². The van der Waals surface area contributed by atoms with E-state index in [0.717, 1.165) is 0 Å². The molecule has 0 spiro atoms. The van der Waals surface area contributed by atoms with Gasteiger partial charge in [-0.25, -0.2) is 0 Å². The first-order valence-corrected chi connectivity index (χ1v) is 12.9. The summed E-state index contributed by atoms with van der Waals surface area (Å²) in [6, 6.07) is 0. The van der Waals surface area contributed by atoms with E-state index in [1.807, 2.05) is 0 Å². The summed E-state index contributed by atoms with van der Waals surface area (Å²) in [5, 5.41) is 0. The topological polar surface area (TPSA) is 652 Å². The fraction of sp³-hybridized carbons (Fsp3) is 0. The molecule has 44 heteroatoms. The van der Waals surface area contributed by atoms with Crippen LogP contribution in [-0.4, -0.2) is 155 Å². The Balaban J connectivity index is -0.00000000525. The maximum absolute atomic E-state index is 8.52. The Morgan fingerprint density at radius 2 is 0.227 bits per heavy atom. The Bertz CT molecular complexity index is 351. The first kappa shape index (κ1) is 167. The Morgan fingerprint density at radius 3 is 0.227 bits per heavy atom. The molecule has 0 atom stereocenters. The van der Waals surface area contributed by atoms with Crippen LogP contribution in [0, 0.1) is 0 Å². The number of hydrogen-bond acceptors (Lipinski definition) is 28. The molecule has 3 radical (unpaired) electrons. The molecule has 7 N–H and O–H groups in total. The molecule has 0 aliphatic rings. The van der Waals surface area contributed by atoms with Crippen LogP contribution in [0.2, 0.25) is 0 Å². The van der Waals surface area contributed by atoms with Crippen LogP contribution >= 0.6 is 0 Å². The molecule has 0 unspecified atom stereocenters. The normalized spacial score (nSPS) is 3.82. The zero-order valence-corrected chi connectivity index (χ0v) is 44.8. The van der Waals surface area contributed by atoms with Crippen molar-refractivity contribution in [3.05, 3.63) is 0 Å². The van der Waals surface area contributed by atoms with Gasteiger partial charge in [0.1, 0.15) is 0 Å². The van der Waals surface area contributed by atoms with Crippen LogP contribution in [0.25, 0.3) is 0 Å². The van der Waals surface area contributed by atoms with Crippen LogP contribution in [0.1, 0.15) is 0 Å². The maximum atomic E-state index is 8.52. The predicted octanol–water partition coefficient (Wildman–Crippen LogP) is -31.5. The summed E-state index contributed by atoms with van der Waals surface area (Å²) in [5.41, 5.74) is 0. The monoisotopic (exact) mass is 1000 g/mol. The fourth-order valence-corrected chi connectivity index (χ4v) is 0. The van der Waals surface area contributed by atoms with E-state index in [4.69, 9.17) is 98.4 Å².